The van der Waals surface area contributed by atoms with Crippen molar-refractivity contribution in [3.63, 3.8) is 0 Å². The standard InChI is InChI=1S/C16H22N2O2/c1-2-10-3-6-15(19)12(7-10)16(20)18-8-11-4-5-14(17)13(11)9-18/h3,6-7,11,13-14,19H,2,4-5,8-9,17H2,1H3. The molecule has 3 unspecified atom stereocenters. The normalized spacial score (nSPS) is 28.7. The first-order valence-corrected chi connectivity index (χ1v) is 7.47. The molecule has 2 aliphatic rings. The van der Waals surface area contributed by atoms with Gasteiger partial charge >= 0.3 is 0 Å². The highest BCUT2D eigenvalue weighted by molar-refractivity contribution is 5.97. The number of amides is 1. The van der Waals surface area contributed by atoms with Crippen LogP contribution in [0.1, 0.15) is 35.7 Å². The summed E-state index contributed by atoms with van der Waals surface area (Å²) in [4.78, 5) is 14.5. The minimum Gasteiger partial charge on any atom is -0.507 e. The summed E-state index contributed by atoms with van der Waals surface area (Å²) >= 11 is 0. The van der Waals surface area contributed by atoms with Gasteiger partial charge in [-0.05, 0) is 48.8 Å². The number of carbonyl (C=O) groups excluding carboxylic acids is 1. The predicted octanol–water partition coefficient (Wildman–Crippen LogP) is 1.76. The third kappa shape index (κ3) is 2.18. The largest absolute Gasteiger partial charge is 0.507 e. The number of aryl methyl sites for hydroxylation is 1. The second-order valence-corrected chi connectivity index (χ2v) is 6.08. The lowest BCUT2D eigenvalue weighted by molar-refractivity contribution is 0.0776. The van der Waals surface area contributed by atoms with Gasteiger partial charge in [0.05, 0.1) is 5.56 Å². The van der Waals surface area contributed by atoms with E-state index in [9.17, 15) is 9.90 Å². The van der Waals surface area contributed by atoms with Crippen LogP contribution in [0.2, 0.25) is 0 Å². The van der Waals surface area contributed by atoms with Gasteiger partial charge in [-0.1, -0.05) is 13.0 Å². The van der Waals surface area contributed by atoms with E-state index in [1.54, 1.807) is 6.07 Å². The summed E-state index contributed by atoms with van der Waals surface area (Å²) in [7, 11) is 0. The van der Waals surface area contributed by atoms with Gasteiger partial charge in [0.25, 0.3) is 5.91 Å². The van der Waals surface area contributed by atoms with Gasteiger partial charge in [0.1, 0.15) is 5.75 Å². The number of fused-ring (bicyclic) bond motifs is 1. The van der Waals surface area contributed by atoms with Crippen LogP contribution in [-0.2, 0) is 6.42 Å². The van der Waals surface area contributed by atoms with Gasteiger partial charge in [-0.25, -0.2) is 0 Å². The average molecular weight is 274 g/mol. The van der Waals surface area contributed by atoms with E-state index in [-0.39, 0.29) is 17.7 Å². The van der Waals surface area contributed by atoms with Crippen LogP contribution < -0.4 is 5.73 Å². The third-order valence-corrected chi connectivity index (χ3v) is 4.90. The summed E-state index contributed by atoms with van der Waals surface area (Å²) in [5, 5.41) is 9.94. The van der Waals surface area contributed by atoms with Crippen molar-refractivity contribution < 1.29 is 9.90 Å². The molecule has 20 heavy (non-hydrogen) atoms. The number of nitrogens with zero attached hydrogens (tertiary/aromatic N) is 1. The van der Waals surface area contributed by atoms with Crippen molar-refractivity contribution in [1.82, 2.24) is 4.90 Å². The maximum absolute atomic E-state index is 12.6. The number of carbonyl (C=O) groups is 1. The molecule has 1 amide bonds. The van der Waals surface area contributed by atoms with Crippen molar-refractivity contribution in [1.29, 1.82) is 0 Å². The van der Waals surface area contributed by atoms with E-state index in [1.165, 1.54) is 0 Å². The molecule has 1 heterocycles. The summed E-state index contributed by atoms with van der Waals surface area (Å²) in [6, 6.07) is 5.52. The van der Waals surface area contributed by atoms with E-state index in [1.807, 2.05) is 24.0 Å². The molecule has 3 rings (SSSR count). The molecule has 0 spiro atoms. The quantitative estimate of drug-likeness (QED) is 0.863. The minimum atomic E-state index is -0.0561. The minimum absolute atomic E-state index is 0.0561. The Morgan fingerprint density at radius 3 is 2.90 bits per heavy atom. The van der Waals surface area contributed by atoms with Crippen LogP contribution in [0.25, 0.3) is 0 Å². The van der Waals surface area contributed by atoms with Gasteiger partial charge in [0.2, 0.25) is 0 Å². The molecule has 4 heteroatoms. The first kappa shape index (κ1) is 13.4. The molecular weight excluding hydrogens is 252 g/mol. The summed E-state index contributed by atoms with van der Waals surface area (Å²) in [5.41, 5.74) is 7.61. The smallest absolute Gasteiger partial charge is 0.257 e. The number of phenolic OH excluding ortho intramolecular Hbond substituents is 1. The van der Waals surface area contributed by atoms with Crippen molar-refractivity contribution >= 4 is 5.91 Å². The maximum Gasteiger partial charge on any atom is 0.257 e. The van der Waals surface area contributed by atoms with Gasteiger partial charge in [0, 0.05) is 19.1 Å². The maximum atomic E-state index is 12.6. The van der Waals surface area contributed by atoms with Crippen molar-refractivity contribution in [3.05, 3.63) is 29.3 Å². The molecule has 3 atom stereocenters. The van der Waals surface area contributed by atoms with Crippen molar-refractivity contribution in [2.24, 2.45) is 17.6 Å². The SMILES string of the molecule is CCc1ccc(O)c(C(=O)N2CC3CCC(N)C3C2)c1. The first-order valence-electron chi connectivity index (χ1n) is 7.47. The second-order valence-electron chi connectivity index (χ2n) is 6.08. The van der Waals surface area contributed by atoms with Crippen LogP contribution >= 0.6 is 0 Å². The van der Waals surface area contributed by atoms with E-state index in [2.05, 4.69) is 0 Å². The Morgan fingerprint density at radius 1 is 1.40 bits per heavy atom. The Morgan fingerprint density at radius 2 is 2.20 bits per heavy atom. The Bertz CT molecular complexity index is 529. The zero-order valence-electron chi connectivity index (χ0n) is 11.9. The molecule has 1 saturated heterocycles. The molecule has 0 aromatic heterocycles. The number of phenols is 1. The zero-order chi connectivity index (χ0) is 14.3. The molecule has 1 aliphatic carbocycles. The Hall–Kier alpha value is -1.55. The fourth-order valence-corrected chi connectivity index (χ4v) is 3.62. The van der Waals surface area contributed by atoms with Gasteiger partial charge in [-0.15, -0.1) is 0 Å². The lowest BCUT2D eigenvalue weighted by atomic mass is 9.98. The molecular formula is C16H22N2O2. The molecule has 1 aromatic carbocycles. The number of likely N-dealkylation sites (tertiary alicyclic amines) is 1. The lowest BCUT2D eigenvalue weighted by Crippen LogP contribution is -2.33. The monoisotopic (exact) mass is 274 g/mol. The molecule has 1 aromatic rings. The van der Waals surface area contributed by atoms with Crippen LogP contribution in [0.5, 0.6) is 5.75 Å². The van der Waals surface area contributed by atoms with E-state index >= 15 is 0 Å². The predicted molar refractivity (Wildman–Crippen MR) is 77.6 cm³/mol. The van der Waals surface area contributed by atoms with Crippen molar-refractivity contribution in [2.75, 3.05) is 13.1 Å². The van der Waals surface area contributed by atoms with E-state index in [4.69, 9.17) is 5.73 Å². The summed E-state index contributed by atoms with van der Waals surface area (Å²) in [6.45, 7) is 3.56. The topological polar surface area (TPSA) is 66.6 Å². The van der Waals surface area contributed by atoms with Gasteiger partial charge in [-0.3, -0.25) is 4.79 Å². The van der Waals surface area contributed by atoms with Crippen LogP contribution in [0.3, 0.4) is 0 Å². The van der Waals surface area contributed by atoms with Crippen LogP contribution in [0.15, 0.2) is 18.2 Å². The van der Waals surface area contributed by atoms with Gasteiger partial charge < -0.3 is 15.7 Å². The number of aromatic hydroxyl groups is 1. The summed E-state index contributed by atoms with van der Waals surface area (Å²) < 4.78 is 0. The Labute approximate surface area is 119 Å². The third-order valence-electron chi connectivity index (χ3n) is 4.90. The second kappa shape index (κ2) is 5.09. The van der Waals surface area contributed by atoms with Crippen LogP contribution in [0, 0.1) is 11.8 Å². The number of nitrogens with two attached hydrogens (primary N) is 1. The van der Waals surface area contributed by atoms with E-state index in [0.29, 0.717) is 17.4 Å². The fraction of sp³-hybridized carbons (Fsp3) is 0.562. The Kier molecular flexibility index (Phi) is 3.42. The average Bonchev–Trinajstić information content (AvgIpc) is 3.01. The number of benzene rings is 1. The molecule has 2 fully saturated rings. The zero-order valence-corrected chi connectivity index (χ0v) is 11.9. The van der Waals surface area contributed by atoms with Gasteiger partial charge in [0.15, 0.2) is 0 Å². The van der Waals surface area contributed by atoms with Crippen molar-refractivity contribution in [3.8, 4) is 5.75 Å². The van der Waals surface area contributed by atoms with Crippen LogP contribution in [-0.4, -0.2) is 35.0 Å². The number of hydrogen-bond acceptors (Lipinski definition) is 3. The lowest BCUT2D eigenvalue weighted by Gasteiger charge is -2.19. The summed E-state index contributed by atoms with van der Waals surface area (Å²) in [5.74, 6) is 1.01. The van der Waals surface area contributed by atoms with E-state index in [0.717, 1.165) is 37.9 Å². The fourth-order valence-electron chi connectivity index (χ4n) is 3.62. The Balaban J connectivity index is 1.80. The van der Waals surface area contributed by atoms with Crippen LogP contribution in [0.4, 0.5) is 0 Å². The molecule has 1 aliphatic heterocycles. The molecule has 108 valence electrons. The molecule has 3 N–H and O–H groups in total. The number of hydrogen-bond donors (Lipinski definition) is 2. The van der Waals surface area contributed by atoms with Crippen molar-refractivity contribution in [2.45, 2.75) is 32.2 Å². The van der Waals surface area contributed by atoms with Gasteiger partial charge in [-0.2, -0.15) is 0 Å². The highest BCUT2D eigenvalue weighted by atomic mass is 16.3. The molecule has 4 nitrogen and oxygen atoms in total. The summed E-state index contributed by atoms with van der Waals surface area (Å²) in [6.07, 6.45) is 3.06. The van der Waals surface area contributed by atoms with E-state index < -0.39 is 0 Å². The first-order chi connectivity index (χ1) is 9.60. The molecule has 0 radical (unpaired) electrons. The molecule has 1 saturated carbocycles. The highest BCUT2D eigenvalue weighted by Crippen LogP contribution is 2.38. The molecule has 0 bridgehead atoms. The number of rotatable bonds is 2. The highest BCUT2D eigenvalue weighted by Gasteiger charge is 2.42.